The number of hydrogen-bond acceptors (Lipinski definition) is 5. The van der Waals surface area contributed by atoms with Crippen molar-refractivity contribution in [2.24, 2.45) is 0 Å². The molecule has 0 amide bonds. The Kier molecular flexibility index (Phi) is 6.32. The van der Waals surface area contributed by atoms with E-state index in [-0.39, 0.29) is 11.5 Å². The van der Waals surface area contributed by atoms with Gasteiger partial charge in [0.1, 0.15) is 11.5 Å². The van der Waals surface area contributed by atoms with Crippen LogP contribution >= 0.6 is 30.8 Å². The van der Waals surface area contributed by atoms with Crippen molar-refractivity contribution < 1.29 is 23.1 Å². The van der Waals surface area contributed by atoms with E-state index in [9.17, 15) is 9.36 Å². The molecule has 126 valence electrons. The van der Waals surface area contributed by atoms with Crippen molar-refractivity contribution in [2.45, 2.75) is 6.92 Å². The molecular formula is C16H13Cl2O5P. The van der Waals surface area contributed by atoms with E-state index < -0.39 is 23.6 Å². The maximum absolute atomic E-state index is 13.3. The van der Waals surface area contributed by atoms with E-state index in [1.54, 1.807) is 60.7 Å². The molecule has 0 saturated heterocycles. The topological polar surface area (TPSA) is 61.8 Å². The third-order valence-electron chi connectivity index (χ3n) is 2.59. The van der Waals surface area contributed by atoms with E-state index >= 15 is 0 Å². The van der Waals surface area contributed by atoms with Crippen LogP contribution in [0.2, 0.25) is 0 Å². The predicted octanol–water partition coefficient (Wildman–Crippen LogP) is 5.50. The molecule has 0 heterocycles. The van der Waals surface area contributed by atoms with Crippen LogP contribution in [0.25, 0.3) is 0 Å². The molecule has 0 aliphatic carbocycles. The molecule has 2 aromatic carbocycles. The van der Waals surface area contributed by atoms with Crippen molar-refractivity contribution in [1.82, 2.24) is 0 Å². The van der Waals surface area contributed by atoms with Gasteiger partial charge in [0.2, 0.25) is 0 Å². The van der Waals surface area contributed by atoms with Gasteiger partial charge in [0, 0.05) is 6.92 Å². The van der Waals surface area contributed by atoms with Crippen LogP contribution in [-0.2, 0) is 14.1 Å². The van der Waals surface area contributed by atoms with Crippen LogP contribution in [0.3, 0.4) is 0 Å². The minimum Gasteiger partial charge on any atom is -0.413 e. The van der Waals surface area contributed by atoms with Gasteiger partial charge in [-0.2, -0.15) is 0 Å². The molecule has 2 rings (SSSR count). The number of carbonyl (C=O) groups is 1. The lowest BCUT2D eigenvalue weighted by atomic mass is 10.3. The summed E-state index contributed by atoms with van der Waals surface area (Å²) >= 11 is 11.5. The summed E-state index contributed by atoms with van der Waals surface area (Å²) in [4.78, 5) is 11.3. The zero-order valence-corrected chi connectivity index (χ0v) is 14.9. The Balaban J connectivity index is 2.45. The molecule has 0 radical (unpaired) electrons. The molecule has 24 heavy (non-hydrogen) atoms. The Hall–Kier alpha value is -1.94. The van der Waals surface area contributed by atoms with Crippen LogP contribution in [0.4, 0.5) is 0 Å². The van der Waals surface area contributed by atoms with Crippen LogP contribution in [0.5, 0.6) is 11.5 Å². The fourth-order valence-corrected chi connectivity index (χ4v) is 3.82. The number of rotatable bonds is 6. The zero-order chi connectivity index (χ0) is 17.6. The van der Waals surface area contributed by atoms with E-state index in [2.05, 4.69) is 0 Å². The van der Waals surface area contributed by atoms with Gasteiger partial charge in [-0.05, 0) is 24.3 Å². The van der Waals surface area contributed by atoms with Crippen molar-refractivity contribution >= 4 is 36.8 Å². The molecular weight excluding hydrogens is 374 g/mol. The number of carbonyl (C=O) groups excluding carboxylic acids is 1. The molecule has 0 aliphatic heterocycles. The monoisotopic (exact) mass is 386 g/mol. The van der Waals surface area contributed by atoms with Gasteiger partial charge in [0.05, 0.1) is 0 Å². The predicted molar refractivity (Wildman–Crippen MR) is 92.2 cm³/mol. The smallest absolute Gasteiger partial charge is 0.413 e. The first-order valence-corrected chi connectivity index (χ1v) is 9.04. The van der Waals surface area contributed by atoms with Crippen LogP contribution < -0.4 is 9.05 Å². The molecule has 5 nitrogen and oxygen atoms in total. The Bertz CT molecular complexity index is 728. The standard InChI is InChI=1S/C16H13Cl2O5P/c1-12(19)21-16(15(17)18)24(20,22-13-8-4-2-5-9-13)23-14-10-6-3-7-11-14/h2-11H,1H3. The van der Waals surface area contributed by atoms with Gasteiger partial charge in [-0.3, -0.25) is 4.79 Å². The first kappa shape index (κ1) is 18.4. The summed E-state index contributed by atoms with van der Waals surface area (Å²) in [5.74, 6) is -0.302. The second-order valence-corrected chi connectivity index (χ2v) is 7.18. The number of ether oxygens (including phenoxy) is 1. The lowest BCUT2D eigenvalue weighted by molar-refractivity contribution is -0.136. The molecule has 2 aromatic rings. The van der Waals surface area contributed by atoms with Crippen LogP contribution in [0.1, 0.15) is 6.92 Å². The summed E-state index contributed by atoms with van der Waals surface area (Å²) in [5, 5.41) is 0. The molecule has 0 N–H and O–H groups in total. The maximum atomic E-state index is 13.3. The first-order valence-electron chi connectivity index (χ1n) is 6.74. The second-order valence-electron chi connectivity index (χ2n) is 4.47. The normalized spacial score (nSPS) is 10.6. The third-order valence-corrected chi connectivity index (χ3v) is 4.91. The van der Waals surface area contributed by atoms with Crippen LogP contribution in [0, 0.1) is 0 Å². The Morgan fingerprint density at radius 1 is 0.875 bits per heavy atom. The van der Waals surface area contributed by atoms with Crippen LogP contribution in [-0.4, -0.2) is 5.97 Å². The highest BCUT2D eigenvalue weighted by Gasteiger charge is 2.40. The molecule has 0 spiro atoms. The summed E-state index contributed by atoms with van der Waals surface area (Å²) in [6.07, 6.45) is 0. The van der Waals surface area contributed by atoms with Crippen LogP contribution in [0.15, 0.2) is 70.7 Å². The Labute approximate surface area is 149 Å². The fraction of sp³-hybridized carbons (Fsp3) is 0.0625. The molecule has 0 bridgehead atoms. The van der Waals surface area contributed by atoms with Crippen molar-refractivity contribution in [3.05, 3.63) is 70.7 Å². The quantitative estimate of drug-likeness (QED) is 0.372. The minimum absolute atomic E-state index is 0.232. The highest BCUT2D eigenvalue weighted by Crippen LogP contribution is 2.57. The summed E-state index contributed by atoms with van der Waals surface area (Å²) in [5.41, 5.74) is -0.578. The molecule has 0 aliphatic rings. The second kappa shape index (κ2) is 8.25. The van der Waals surface area contributed by atoms with Gasteiger partial charge in [-0.15, -0.1) is 0 Å². The molecule has 0 aromatic heterocycles. The molecule has 0 unspecified atom stereocenters. The molecule has 0 saturated carbocycles. The van der Waals surface area contributed by atoms with E-state index in [4.69, 9.17) is 37.0 Å². The van der Waals surface area contributed by atoms with Crippen molar-refractivity contribution in [3.8, 4) is 11.5 Å². The highest BCUT2D eigenvalue weighted by molar-refractivity contribution is 7.59. The lowest BCUT2D eigenvalue weighted by Gasteiger charge is -2.21. The number of halogens is 2. The summed E-state index contributed by atoms with van der Waals surface area (Å²) < 4.78 is 28.6. The average molecular weight is 387 g/mol. The Morgan fingerprint density at radius 3 is 1.62 bits per heavy atom. The zero-order valence-electron chi connectivity index (χ0n) is 12.5. The highest BCUT2D eigenvalue weighted by atomic mass is 35.5. The maximum Gasteiger partial charge on any atom is 0.500 e. The summed E-state index contributed by atoms with van der Waals surface area (Å²) in [7, 11) is -4.21. The number of benzene rings is 2. The molecule has 8 heteroatoms. The summed E-state index contributed by atoms with van der Waals surface area (Å²) in [6.45, 7) is 1.12. The third kappa shape index (κ3) is 5.03. The van der Waals surface area contributed by atoms with Crippen molar-refractivity contribution in [1.29, 1.82) is 0 Å². The first-order chi connectivity index (χ1) is 11.4. The Morgan fingerprint density at radius 2 is 1.29 bits per heavy atom. The number of esters is 1. The van der Waals surface area contributed by atoms with Gasteiger partial charge in [0.25, 0.3) is 5.50 Å². The largest absolute Gasteiger partial charge is 0.500 e. The van der Waals surface area contributed by atoms with E-state index in [0.717, 1.165) is 6.92 Å². The lowest BCUT2D eigenvalue weighted by Crippen LogP contribution is -2.09. The number of para-hydroxylation sites is 2. The summed E-state index contributed by atoms with van der Waals surface area (Å²) in [6, 6.07) is 16.5. The van der Waals surface area contributed by atoms with Crippen molar-refractivity contribution in [3.63, 3.8) is 0 Å². The van der Waals surface area contributed by atoms with Crippen molar-refractivity contribution in [2.75, 3.05) is 0 Å². The molecule has 0 fully saturated rings. The van der Waals surface area contributed by atoms with E-state index in [0.29, 0.717) is 0 Å². The fourth-order valence-electron chi connectivity index (χ4n) is 1.68. The van der Waals surface area contributed by atoms with Gasteiger partial charge >= 0.3 is 13.6 Å². The van der Waals surface area contributed by atoms with Gasteiger partial charge < -0.3 is 13.8 Å². The number of hydrogen-bond donors (Lipinski definition) is 0. The van der Waals surface area contributed by atoms with Gasteiger partial charge in [-0.25, -0.2) is 4.57 Å². The van der Waals surface area contributed by atoms with E-state index in [1.165, 1.54) is 0 Å². The van der Waals surface area contributed by atoms with E-state index in [1.807, 2.05) is 0 Å². The van der Waals surface area contributed by atoms with Gasteiger partial charge in [-0.1, -0.05) is 59.6 Å². The average Bonchev–Trinajstić information content (AvgIpc) is 2.54. The molecule has 0 atom stereocenters. The minimum atomic E-state index is -4.21. The van der Waals surface area contributed by atoms with Gasteiger partial charge in [0.15, 0.2) is 4.49 Å². The SMILES string of the molecule is CC(=O)OC(=C(Cl)Cl)P(=O)(Oc1ccccc1)Oc1ccccc1.